The molecule has 5 amide bonds. The van der Waals surface area contributed by atoms with Gasteiger partial charge < -0.3 is 5.32 Å². The van der Waals surface area contributed by atoms with E-state index >= 15 is 0 Å². The van der Waals surface area contributed by atoms with E-state index in [-0.39, 0.29) is 47.0 Å². The molecule has 2 aromatic rings. The highest BCUT2D eigenvalue weighted by Gasteiger charge is 2.45. The van der Waals surface area contributed by atoms with Gasteiger partial charge in [-0.3, -0.25) is 44.6 Å². The number of carbonyl (C=O) groups excluding carboxylic acids is 5. The fraction of sp³-hybridized carbons (Fsp3) is 0.190. The van der Waals surface area contributed by atoms with Gasteiger partial charge in [0.05, 0.1) is 16.8 Å². The van der Waals surface area contributed by atoms with Crippen LogP contribution in [0.4, 0.5) is 5.69 Å². The first kappa shape index (κ1) is 21.2. The molecule has 0 aliphatic carbocycles. The van der Waals surface area contributed by atoms with Crippen molar-refractivity contribution in [2.75, 3.05) is 5.23 Å². The summed E-state index contributed by atoms with van der Waals surface area (Å²) in [5.74, 6) is -2.90. The summed E-state index contributed by atoms with van der Waals surface area (Å²) in [7, 11) is 0. The highest BCUT2D eigenvalue weighted by molar-refractivity contribution is 6.24. The molecule has 0 aromatic heterocycles. The van der Waals surface area contributed by atoms with Crippen molar-refractivity contribution in [3.63, 3.8) is 0 Å². The number of fused-ring (bicyclic) bond motifs is 1. The molecule has 4 rings (SSSR count). The predicted molar refractivity (Wildman–Crippen MR) is 107 cm³/mol. The average molecular weight is 438 g/mol. The zero-order valence-electron chi connectivity index (χ0n) is 16.6. The SMILES string of the molecule is O=C1CCC(N2C(=O)c3cccc(CNC(=O)c4ccc(N(O)O)cc4)c3C2=O)C(=O)N1. The maximum atomic E-state index is 13.0. The van der Waals surface area contributed by atoms with Crippen molar-refractivity contribution in [2.45, 2.75) is 25.4 Å². The van der Waals surface area contributed by atoms with Crippen LogP contribution >= 0.6 is 0 Å². The van der Waals surface area contributed by atoms with E-state index in [1.807, 2.05) is 0 Å². The Hall–Kier alpha value is -4.09. The Bertz CT molecular complexity index is 1140. The van der Waals surface area contributed by atoms with E-state index < -0.39 is 35.6 Å². The lowest BCUT2D eigenvalue weighted by molar-refractivity contribution is -0.136. The molecule has 2 aliphatic heterocycles. The first-order valence-corrected chi connectivity index (χ1v) is 9.67. The van der Waals surface area contributed by atoms with Crippen LogP contribution in [0.15, 0.2) is 42.5 Å². The Morgan fingerprint density at radius 2 is 1.78 bits per heavy atom. The summed E-state index contributed by atoms with van der Waals surface area (Å²) in [5, 5.41) is 22.7. The number of hydrogen-bond acceptors (Lipinski definition) is 8. The van der Waals surface area contributed by atoms with Crippen molar-refractivity contribution < 1.29 is 34.4 Å². The number of nitrogens with zero attached hydrogens (tertiary/aromatic N) is 2. The summed E-state index contributed by atoms with van der Waals surface area (Å²) in [5.41, 5.74) is 0.948. The summed E-state index contributed by atoms with van der Waals surface area (Å²) < 4.78 is 0. The molecule has 1 fully saturated rings. The van der Waals surface area contributed by atoms with Gasteiger partial charge in [0.15, 0.2) is 0 Å². The largest absolute Gasteiger partial charge is 0.348 e. The molecule has 32 heavy (non-hydrogen) atoms. The Morgan fingerprint density at radius 3 is 2.44 bits per heavy atom. The predicted octanol–water partition coefficient (Wildman–Crippen LogP) is 0.603. The van der Waals surface area contributed by atoms with Gasteiger partial charge in [-0.15, -0.1) is 5.23 Å². The smallest absolute Gasteiger partial charge is 0.262 e. The van der Waals surface area contributed by atoms with Crippen LogP contribution in [-0.2, 0) is 16.1 Å². The molecule has 2 heterocycles. The third-order valence-corrected chi connectivity index (χ3v) is 5.35. The maximum Gasteiger partial charge on any atom is 0.262 e. The number of imide groups is 2. The van der Waals surface area contributed by atoms with E-state index in [0.29, 0.717) is 5.56 Å². The summed E-state index contributed by atoms with van der Waals surface area (Å²) in [6.07, 6.45) is 0.0765. The van der Waals surface area contributed by atoms with Gasteiger partial charge in [-0.05, 0) is 42.3 Å². The number of benzene rings is 2. The van der Waals surface area contributed by atoms with E-state index in [1.165, 1.54) is 30.3 Å². The summed E-state index contributed by atoms with van der Waals surface area (Å²) in [4.78, 5) is 62.8. The van der Waals surface area contributed by atoms with Gasteiger partial charge in [0, 0.05) is 18.5 Å². The van der Waals surface area contributed by atoms with Crippen molar-refractivity contribution >= 4 is 35.2 Å². The lowest BCUT2D eigenvalue weighted by Gasteiger charge is -2.27. The highest BCUT2D eigenvalue weighted by atomic mass is 16.8. The van der Waals surface area contributed by atoms with Gasteiger partial charge in [0.1, 0.15) is 6.04 Å². The van der Waals surface area contributed by atoms with E-state index in [2.05, 4.69) is 10.6 Å². The van der Waals surface area contributed by atoms with Crippen LogP contribution in [0.25, 0.3) is 0 Å². The second kappa shape index (κ2) is 8.21. The molecule has 2 aliphatic rings. The van der Waals surface area contributed by atoms with Gasteiger partial charge in [-0.2, -0.15) is 0 Å². The van der Waals surface area contributed by atoms with E-state index in [9.17, 15) is 24.0 Å². The van der Waals surface area contributed by atoms with Crippen molar-refractivity contribution in [3.05, 3.63) is 64.7 Å². The number of amides is 5. The molecule has 0 bridgehead atoms. The Morgan fingerprint density at radius 1 is 1.06 bits per heavy atom. The zero-order valence-corrected chi connectivity index (χ0v) is 16.6. The minimum Gasteiger partial charge on any atom is -0.348 e. The zero-order chi connectivity index (χ0) is 23.0. The monoisotopic (exact) mass is 438 g/mol. The van der Waals surface area contributed by atoms with Crippen molar-refractivity contribution in [1.82, 2.24) is 15.5 Å². The molecular formula is C21H18N4O7. The second-order valence-electron chi connectivity index (χ2n) is 7.31. The summed E-state index contributed by atoms with van der Waals surface area (Å²) >= 11 is 0. The molecule has 1 saturated heterocycles. The fourth-order valence-corrected chi connectivity index (χ4v) is 3.76. The van der Waals surface area contributed by atoms with Crippen LogP contribution in [-0.4, -0.2) is 50.9 Å². The van der Waals surface area contributed by atoms with Gasteiger partial charge in [0.2, 0.25) is 11.8 Å². The van der Waals surface area contributed by atoms with Crippen LogP contribution in [0.5, 0.6) is 0 Å². The minimum absolute atomic E-state index is 0.0236. The van der Waals surface area contributed by atoms with Gasteiger partial charge in [-0.1, -0.05) is 12.1 Å². The molecule has 4 N–H and O–H groups in total. The van der Waals surface area contributed by atoms with E-state index in [4.69, 9.17) is 10.4 Å². The quantitative estimate of drug-likeness (QED) is 0.391. The second-order valence-corrected chi connectivity index (χ2v) is 7.31. The molecule has 1 atom stereocenters. The van der Waals surface area contributed by atoms with E-state index in [0.717, 1.165) is 4.90 Å². The van der Waals surface area contributed by atoms with Crippen LogP contribution in [0.1, 0.15) is 49.5 Å². The Kier molecular flexibility index (Phi) is 5.43. The first-order valence-electron chi connectivity index (χ1n) is 9.67. The van der Waals surface area contributed by atoms with Crippen molar-refractivity contribution in [3.8, 4) is 0 Å². The molecule has 2 aromatic carbocycles. The molecular weight excluding hydrogens is 420 g/mol. The van der Waals surface area contributed by atoms with Crippen molar-refractivity contribution in [2.24, 2.45) is 0 Å². The number of anilines is 1. The van der Waals surface area contributed by atoms with Gasteiger partial charge >= 0.3 is 0 Å². The number of nitrogens with one attached hydrogen (secondary N) is 2. The molecule has 0 radical (unpaired) electrons. The lowest BCUT2D eigenvalue weighted by atomic mass is 10.0. The summed E-state index contributed by atoms with van der Waals surface area (Å²) in [6.45, 7) is -0.0574. The number of carbonyl (C=O) groups is 5. The topological polar surface area (TPSA) is 156 Å². The average Bonchev–Trinajstić information content (AvgIpc) is 3.03. The van der Waals surface area contributed by atoms with Crippen LogP contribution in [0, 0.1) is 0 Å². The van der Waals surface area contributed by atoms with Crippen molar-refractivity contribution in [1.29, 1.82) is 0 Å². The lowest BCUT2D eigenvalue weighted by Crippen LogP contribution is -2.54. The third-order valence-electron chi connectivity index (χ3n) is 5.35. The molecule has 0 spiro atoms. The van der Waals surface area contributed by atoms with Crippen LogP contribution in [0.3, 0.4) is 0 Å². The molecule has 0 saturated carbocycles. The third kappa shape index (κ3) is 3.70. The molecule has 11 heteroatoms. The highest BCUT2D eigenvalue weighted by Crippen LogP contribution is 2.30. The van der Waals surface area contributed by atoms with Crippen LogP contribution in [0.2, 0.25) is 0 Å². The summed E-state index contributed by atoms with van der Waals surface area (Å²) in [6, 6.07) is 9.00. The molecule has 11 nitrogen and oxygen atoms in total. The normalized spacial score (nSPS) is 17.8. The van der Waals surface area contributed by atoms with Crippen LogP contribution < -0.4 is 15.9 Å². The van der Waals surface area contributed by atoms with Gasteiger partial charge in [-0.25, -0.2) is 0 Å². The number of rotatable bonds is 5. The Labute approximate surface area is 181 Å². The first-order chi connectivity index (χ1) is 15.3. The minimum atomic E-state index is -1.07. The van der Waals surface area contributed by atoms with E-state index in [1.54, 1.807) is 12.1 Å². The molecule has 1 unspecified atom stereocenters. The Balaban J connectivity index is 1.52. The number of hydrogen-bond donors (Lipinski definition) is 4. The molecule has 164 valence electrons. The standard InChI is InChI=1S/C21H18N4O7/c26-16-9-8-15(19(28)23-16)24-20(29)14-3-1-2-12(17(14)21(24)30)10-22-18(27)11-4-6-13(7-5-11)25(31)32/h1-7,15,31-32H,8-10H2,(H,22,27)(H,23,26,28). The number of piperidine rings is 1. The van der Waals surface area contributed by atoms with Gasteiger partial charge in [0.25, 0.3) is 17.7 Å². The fourth-order valence-electron chi connectivity index (χ4n) is 3.76. The maximum absolute atomic E-state index is 13.0.